The fourth-order valence-corrected chi connectivity index (χ4v) is 1.40. The lowest BCUT2D eigenvalue weighted by molar-refractivity contribution is -0.129. The Hall–Kier alpha value is -0.900. The zero-order valence-electron chi connectivity index (χ0n) is 8.65. The fourth-order valence-electron chi connectivity index (χ4n) is 1.20. The van der Waals surface area contributed by atoms with Gasteiger partial charge >= 0.3 is 0 Å². The van der Waals surface area contributed by atoms with Crippen LogP contribution in [0, 0.1) is 6.92 Å². The van der Waals surface area contributed by atoms with E-state index in [4.69, 9.17) is 4.42 Å². The number of aryl methyl sites for hydroxylation is 1. The summed E-state index contributed by atoms with van der Waals surface area (Å²) < 4.78 is 5.37. The van der Waals surface area contributed by atoms with Crippen molar-refractivity contribution in [3.05, 3.63) is 23.7 Å². The molecule has 0 aromatic carbocycles. The number of nitrogens with zero attached hydrogens (tertiary/aromatic N) is 1. The summed E-state index contributed by atoms with van der Waals surface area (Å²) in [5.41, 5.74) is 0. The first kappa shape index (κ1) is 11.2. The van der Waals surface area contributed by atoms with Gasteiger partial charge < -0.3 is 9.32 Å². The molecule has 14 heavy (non-hydrogen) atoms. The second kappa shape index (κ2) is 4.55. The number of rotatable bonds is 3. The fraction of sp³-hybridized carbons (Fsp3) is 0.500. The summed E-state index contributed by atoms with van der Waals surface area (Å²) in [7, 11) is 1.74. The third-order valence-electron chi connectivity index (χ3n) is 1.92. The van der Waals surface area contributed by atoms with Crippen LogP contribution in [0.25, 0.3) is 0 Å². The molecular weight excluding hydrogens is 198 g/mol. The summed E-state index contributed by atoms with van der Waals surface area (Å²) in [6.45, 7) is 4.14. The molecule has 1 aromatic heterocycles. The van der Waals surface area contributed by atoms with E-state index in [1.807, 2.05) is 19.1 Å². The van der Waals surface area contributed by atoms with Gasteiger partial charge in [-0.3, -0.25) is 4.79 Å². The van der Waals surface area contributed by atoms with Gasteiger partial charge in [-0.15, -0.1) is 0 Å². The van der Waals surface area contributed by atoms with Crippen molar-refractivity contribution in [2.45, 2.75) is 25.6 Å². The van der Waals surface area contributed by atoms with Crippen molar-refractivity contribution in [3.8, 4) is 0 Å². The molecule has 1 unspecified atom stereocenters. The Balaban J connectivity index is 2.57. The smallest absolute Gasteiger partial charge is 0.235 e. The summed E-state index contributed by atoms with van der Waals surface area (Å²) in [5, 5.41) is -0.268. The monoisotopic (exact) mass is 213 g/mol. The molecule has 0 saturated carbocycles. The number of furan rings is 1. The van der Waals surface area contributed by atoms with Gasteiger partial charge in [0.15, 0.2) is 0 Å². The van der Waals surface area contributed by atoms with Crippen LogP contribution < -0.4 is 0 Å². The largest absolute Gasteiger partial charge is 0.464 e. The van der Waals surface area contributed by atoms with E-state index in [0.717, 1.165) is 11.5 Å². The van der Waals surface area contributed by atoms with Gasteiger partial charge in [0.1, 0.15) is 11.5 Å². The molecule has 0 N–H and O–H groups in total. The topological polar surface area (TPSA) is 33.5 Å². The Morgan fingerprint density at radius 3 is 2.71 bits per heavy atom. The molecule has 0 aliphatic heterocycles. The number of hydrogen-bond donors (Lipinski definition) is 1. The maximum atomic E-state index is 11.5. The SMILES string of the molecule is Cc1ccc(CN(C)C(=O)C(C)S)o1. The van der Waals surface area contributed by atoms with Crippen molar-refractivity contribution in [1.29, 1.82) is 0 Å². The van der Waals surface area contributed by atoms with Gasteiger partial charge in [0.05, 0.1) is 11.8 Å². The quantitative estimate of drug-likeness (QED) is 0.778. The summed E-state index contributed by atoms with van der Waals surface area (Å²) in [6, 6.07) is 3.76. The molecule has 1 amide bonds. The van der Waals surface area contributed by atoms with Crippen LogP contribution in [0.5, 0.6) is 0 Å². The Bertz CT molecular complexity index is 320. The molecule has 78 valence electrons. The summed E-state index contributed by atoms with van der Waals surface area (Å²) in [6.07, 6.45) is 0. The van der Waals surface area contributed by atoms with Crippen LogP contribution in [0.1, 0.15) is 18.4 Å². The first-order valence-corrected chi connectivity index (χ1v) is 5.00. The van der Waals surface area contributed by atoms with E-state index in [0.29, 0.717) is 6.54 Å². The van der Waals surface area contributed by atoms with Crippen LogP contribution >= 0.6 is 12.6 Å². The predicted octanol–water partition coefficient (Wildman–Crippen LogP) is 1.86. The van der Waals surface area contributed by atoms with E-state index < -0.39 is 0 Å². The average molecular weight is 213 g/mol. The molecule has 1 rings (SSSR count). The van der Waals surface area contributed by atoms with Gasteiger partial charge in [0.25, 0.3) is 0 Å². The summed E-state index contributed by atoms with van der Waals surface area (Å²) >= 11 is 4.08. The second-order valence-electron chi connectivity index (χ2n) is 3.38. The van der Waals surface area contributed by atoms with Gasteiger partial charge in [-0.1, -0.05) is 0 Å². The summed E-state index contributed by atoms with van der Waals surface area (Å²) in [4.78, 5) is 13.1. The molecule has 1 atom stereocenters. The van der Waals surface area contributed by atoms with Crippen molar-refractivity contribution < 1.29 is 9.21 Å². The van der Waals surface area contributed by atoms with E-state index in [1.165, 1.54) is 0 Å². The lowest BCUT2D eigenvalue weighted by atomic mass is 10.3. The van der Waals surface area contributed by atoms with Crippen molar-refractivity contribution in [1.82, 2.24) is 4.90 Å². The van der Waals surface area contributed by atoms with Crippen molar-refractivity contribution >= 4 is 18.5 Å². The van der Waals surface area contributed by atoms with Gasteiger partial charge in [-0.25, -0.2) is 0 Å². The van der Waals surface area contributed by atoms with E-state index in [1.54, 1.807) is 18.9 Å². The highest BCUT2D eigenvalue weighted by molar-refractivity contribution is 7.81. The molecule has 0 saturated heterocycles. The van der Waals surface area contributed by atoms with Gasteiger partial charge in [0.2, 0.25) is 5.91 Å². The molecule has 1 heterocycles. The van der Waals surface area contributed by atoms with Crippen molar-refractivity contribution in [2.24, 2.45) is 0 Å². The predicted molar refractivity (Wildman–Crippen MR) is 58.4 cm³/mol. The Kier molecular flexibility index (Phi) is 3.63. The number of hydrogen-bond acceptors (Lipinski definition) is 3. The highest BCUT2D eigenvalue weighted by Crippen LogP contribution is 2.10. The zero-order valence-corrected chi connectivity index (χ0v) is 9.54. The first-order valence-electron chi connectivity index (χ1n) is 4.49. The van der Waals surface area contributed by atoms with Crippen LogP contribution in [-0.2, 0) is 11.3 Å². The minimum absolute atomic E-state index is 0.00221. The van der Waals surface area contributed by atoms with E-state index in [9.17, 15) is 4.79 Å². The van der Waals surface area contributed by atoms with Crippen LogP contribution in [0.15, 0.2) is 16.5 Å². The van der Waals surface area contributed by atoms with E-state index in [-0.39, 0.29) is 11.2 Å². The molecule has 0 fully saturated rings. The molecule has 0 radical (unpaired) electrons. The number of carbonyl (C=O) groups is 1. The molecule has 3 nitrogen and oxygen atoms in total. The van der Waals surface area contributed by atoms with Crippen LogP contribution in [0.4, 0.5) is 0 Å². The Labute approximate surface area is 89.5 Å². The van der Waals surface area contributed by atoms with Crippen molar-refractivity contribution in [3.63, 3.8) is 0 Å². The average Bonchev–Trinajstić information content (AvgIpc) is 2.49. The number of amides is 1. The highest BCUT2D eigenvalue weighted by atomic mass is 32.1. The molecule has 0 bridgehead atoms. The van der Waals surface area contributed by atoms with Crippen LogP contribution in [-0.4, -0.2) is 23.1 Å². The molecular formula is C10H15NO2S. The Morgan fingerprint density at radius 1 is 1.64 bits per heavy atom. The van der Waals surface area contributed by atoms with Gasteiger partial charge in [0, 0.05) is 7.05 Å². The molecule has 0 aliphatic rings. The molecule has 0 aliphatic carbocycles. The van der Waals surface area contributed by atoms with Crippen LogP contribution in [0.2, 0.25) is 0 Å². The lowest BCUT2D eigenvalue weighted by Gasteiger charge is -2.17. The molecule has 4 heteroatoms. The number of thiol groups is 1. The summed E-state index contributed by atoms with van der Waals surface area (Å²) in [5.74, 6) is 1.66. The third kappa shape index (κ3) is 2.80. The second-order valence-corrected chi connectivity index (χ2v) is 4.16. The number of carbonyl (C=O) groups excluding carboxylic acids is 1. The molecule has 0 spiro atoms. The van der Waals surface area contributed by atoms with E-state index >= 15 is 0 Å². The normalized spacial score (nSPS) is 12.6. The third-order valence-corrected chi connectivity index (χ3v) is 2.14. The minimum atomic E-state index is -0.268. The minimum Gasteiger partial charge on any atom is -0.464 e. The first-order chi connectivity index (χ1) is 6.50. The maximum absolute atomic E-state index is 11.5. The molecule has 1 aromatic rings. The highest BCUT2D eigenvalue weighted by Gasteiger charge is 2.14. The van der Waals surface area contributed by atoms with E-state index in [2.05, 4.69) is 12.6 Å². The van der Waals surface area contributed by atoms with Gasteiger partial charge in [-0.05, 0) is 26.0 Å². The van der Waals surface area contributed by atoms with Gasteiger partial charge in [-0.2, -0.15) is 12.6 Å². The standard InChI is InChI=1S/C10H15NO2S/c1-7-4-5-9(13-7)6-11(3)10(12)8(2)14/h4-5,8,14H,6H2,1-3H3. The zero-order chi connectivity index (χ0) is 10.7. The Morgan fingerprint density at radius 2 is 2.29 bits per heavy atom. The van der Waals surface area contributed by atoms with Crippen molar-refractivity contribution in [2.75, 3.05) is 7.05 Å². The van der Waals surface area contributed by atoms with Crippen LogP contribution in [0.3, 0.4) is 0 Å². The maximum Gasteiger partial charge on any atom is 0.235 e. The lowest BCUT2D eigenvalue weighted by Crippen LogP contribution is -2.31.